The van der Waals surface area contributed by atoms with Crippen molar-refractivity contribution in [3.63, 3.8) is 0 Å². The minimum atomic E-state index is -0.00940. The van der Waals surface area contributed by atoms with E-state index in [-0.39, 0.29) is 18.6 Å². The number of aliphatic hydroxyl groups is 1. The van der Waals surface area contributed by atoms with E-state index in [1.807, 2.05) is 36.4 Å². The minimum absolute atomic E-state index is 0.00940. The molecule has 2 aromatic rings. The molecule has 0 saturated carbocycles. The summed E-state index contributed by atoms with van der Waals surface area (Å²) in [6.45, 7) is 7.16. The summed E-state index contributed by atoms with van der Waals surface area (Å²) in [4.78, 5) is 16.2. The highest BCUT2D eigenvalue weighted by molar-refractivity contribution is 5.85. The van der Waals surface area contributed by atoms with Crippen molar-refractivity contribution in [3.05, 3.63) is 41.6 Å². The molecule has 0 amide bonds. The first-order valence-electron chi connectivity index (χ1n) is 9.62. The van der Waals surface area contributed by atoms with Crippen LogP contribution in [0.25, 0.3) is 0 Å². The number of hydrogen-bond acceptors (Lipinski definition) is 6. The molecular formula is C21H29N5O. The van der Waals surface area contributed by atoms with Gasteiger partial charge in [-0.3, -0.25) is 4.99 Å². The molecule has 2 heterocycles. The normalized spacial score (nSPS) is 16.4. The van der Waals surface area contributed by atoms with Gasteiger partial charge in [-0.2, -0.15) is 4.98 Å². The number of nitrogens with one attached hydrogen (secondary N) is 1. The molecule has 0 radical (unpaired) electrons. The zero-order chi connectivity index (χ0) is 19.4. The van der Waals surface area contributed by atoms with Gasteiger partial charge in [0.15, 0.2) is 5.82 Å². The fourth-order valence-corrected chi connectivity index (χ4v) is 3.28. The number of aromatic nitrogens is 2. The van der Waals surface area contributed by atoms with Gasteiger partial charge in [0.1, 0.15) is 5.69 Å². The Hall–Kier alpha value is -2.47. The molecule has 3 rings (SSSR count). The third kappa shape index (κ3) is 4.11. The van der Waals surface area contributed by atoms with Crippen LogP contribution in [-0.4, -0.2) is 41.0 Å². The van der Waals surface area contributed by atoms with Crippen LogP contribution in [0.1, 0.15) is 44.4 Å². The Morgan fingerprint density at radius 1 is 1.19 bits per heavy atom. The second-order valence-corrected chi connectivity index (χ2v) is 7.35. The molecule has 2 unspecified atom stereocenters. The van der Waals surface area contributed by atoms with Crippen LogP contribution in [0.5, 0.6) is 0 Å². The van der Waals surface area contributed by atoms with Crippen molar-refractivity contribution in [2.75, 3.05) is 23.9 Å². The first kappa shape index (κ1) is 19.3. The average molecular weight is 367 g/mol. The van der Waals surface area contributed by atoms with E-state index in [0.29, 0.717) is 18.4 Å². The van der Waals surface area contributed by atoms with E-state index in [1.54, 1.807) is 0 Å². The molecule has 144 valence electrons. The average Bonchev–Trinajstić information content (AvgIpc) is 3.12. The molecule has 0 fully saturated rings. The van der Waals surface area contributed by atoms with Crippen LogP contribution in [0.2, 0.25) is 0 Å². The molecule has 1 aliphatic heterocycles. The fourth-order valence-electron chi connectivity index (χ4n) is 3.28. The number of rotatable bonds is 8. The van der Waals surface area contributed by atoms with Crippen molar-refractivity contribution in [1.82, 2.24) is 9.97 Å². The number of anilines is 2. The van der Waals surface area contributed by atoms with Crippen molar-refractivity contribution < 1.29 is 5.11 Å². The highest BCUT2D eigenvalue weighted by Crippen LogP contribution is 2.40. The van der Waals surface area contributed by atoms with E-state index in [9.17, 15) is 5.11 Å². The van der Waals surface area contributed by atoms with Gasteiger partial charge in [-0.25, -0.2) is 4.98 Å². The SMILES string of the molecule is CCC(CO)N(C)c1nc(NCc2ccccc2)c2c(n1)C(C(C)C)C=N2. The predicted octanol–water partition coefficient (Wildman–Crippen LogP) is 3.75. The number of likely N-dealkylation sites (N-methyl/N-ethyl adjacent to an activating group) is 1. The molecular weight excluding hydrogens is 338 g/mol. The first-order chi connectivity index (χ1) is 13.0. The Morgan fingerprint density at radius 2 is 1.93 bits per heavy atom. The summed E-state index contributed by atoms with van der Waals surface area (Å²) in [6, 6.07) is 10.2. The lowest BCUT2D eigenvalue weighted by atomic mass is 9.94. The lowest BCUT2D eigenvalue weighted by Gasteiger charge is -2.27. The summed E-state index contributed by atoms with van der Waals surface area (Å²) >= 11 is 0. The van der Waals surface area contributed by atoms with Crippen LogP contribution in [0, 0.1) is 5.92 Å². The van der Waals surface area contributed by atoms with Gasteiger partial charge in [0.05, 0.1) is 18.3 Å². The zero-order valence-electron chi connectivity index (χ0n) is 16.6. The lowest BCUT2D eigenvalue weighted by molar-refractivity contribution is 0.258. The molecule has 27 heavy (non-hydrogen) atoms. The smallest absolute Gasteiger partial charge is 0.227 e. The Kier molecular flexibility index (Phi) is 6.06. The Labute approximate surface area is 161 Å². The van der Waals surface area contributed by atoms with Crippen molar-refractivity contribution in [2.45, 2.75) is 45.7 Å². The van der Waals surface area contributed by atoms with Gasteiger partial charge in [0.2, 0.25) is 5.95 Å². The van der Waals surface area contributed by atoms with Crippen molar-refractivity contribution in [1.29, 1.82) is 0 Å². The van der Waals surface area contributed by atoms with E-state index in [1.165, 1.54) is 5.56 Å². The number of hydrogen-bond donors (Lipinski definition) is 2. The fraction of sp³-hybridized carbons (Fsp3) is 0.476. The van der Waals surface area contributed by atoms with Gasteiger partial charge in [-0.05, 0) is 17.9 Å². The predicted molar refractivity (Wildman–Crippen MR) is 111 cm³/mol. The summed E-state index contributed by atoms with van der Waals surface area (Å²) in [5.74, 6) is 1.96. The topological polar surface area (TPSA) is 73.6 Å². The lowest BCUT2D eigenvalue weighted by Crippen LogP contribution is -2.35. The number of nitrogens with zero attached hydrogens (tertiary/aromatic N) is 4. The van der Waals surface area contributed by atoms with Crippen LogP contribution in [0.3, 0.4) is 0 Å². The molecule has 0 bridgehead atoms. The maximum absolute atomic E-state index is 9.68. The van der Waals surface area contributed by atoms with Crippen LogP contribution in [0.4, 0.5) is 17.5 Å². The van der Waals surface area contributed by atoms with Crippen LogP contribution < -0.4 is 10.2 Å². The maximum Gasteiger partial charge on any atom is 0.227 e. The molecule has 0 spiro atoms. The van der Waals surface area contributed by atoms with E-state index < -0.39 is 0 Å². The summed E-state index contributed by atoms with van der Waals surface area (Å²) in [7, 11) is 1.94. The molecule has 1 aromatic carbocycles. The maximum atomic E-state index is 9.68. The quantitative estimate of drug-likeness (QED) is 0.743. The highest BCUT2D eigenvalue weighted by atomic mass is 16.3. The van der Waals surface area contributed by atoms with E-state index in [0.717, 1.165) is 23.6 Å². The number of aliphatic hydroxyl groups excluding tert-OH is 1. The van der Waals surface area contributed by atoms with E-state index in [4.69, 9.17) is 9.97 Å². The molecule has 2 N–H and O–H groups in total. The van der Waals surface area contributed by atoms with Crippen LogP contribution in [-0.2, 0) is 6.54 Å². The standard InChI is InChI=1S/C21H29N5O/c1-5-16(13-27)26(4)21-24-18-17(14(2)3)12-22-19(18)20(25-21)23-11-15-9-7-6-8-10-15/h6-10,12,14,16-17,27H,5,11,13H2,1-4H3,(H,23,24,25). The summed E-state index contributed by atoms with van der Waals surface area (Å²) in [6.07, 6.45) is 2.80. The first-order valence-corrected chi connectivity index (χ1v) is 9.62. The summed E-state index contributed by atoms with van der Waals surface area (Å²) < 4.78 is 0. The second-order valence-electron chi connectivity index (χ2n) is 7.35. The third-order valence-corrected chi connectivity index (χ3v) is 5.15. The van der Waals surface area contributed by atoms with E-state index >= 15 is 0 Å². The molecule has 1 aromatic heterocycles. The van der Waals surface area contributed by atoms with Crippen molar-refractivity contribution >= 4 is 23.7 Å². The van der Waals surface area contributed by atoms with Gasteiger partial charge >= 0.3 is 0 Å². The zero-order valence-corrected chi connectivity index (χ0v) is 16.6. The van der Waals surface area contributed by atoms with Crippen LogP contribution >= 0.6 is 0 Å². The number of aliphatic imine (C=N–C) groups is 1. The molecule has 6 heteroatoms. The molecule has 2 atom stereocenters. The molecule has 6 nitrogen and oxygen atoms in total. The highest BCUT2D eigenvalue weighted by Gasteiger charge is 2.29. The van der Waals surface area contributed by atoms with Gasteiger partial charge < -0.3 is 15.3 Å². The van der Waals surface area contributed by atoms with Crippen molar-refractivity contribution in [3.8, 4) is 0 Å². The minimum Gasteiger partial charge on any atom is -0.394 e. The monoisotopic (exact) mass is 367 g/mol. The summed E-state index contributed by atoms with van der Waals surface area (Å²) in [5, 5.41) is 13.1. The summed E-state index contributed by atoms with van der Waals surface area (Å²) in [5.41, 5.74) is 2.98. The van der Waals surface area contributed by atoms with Gasteiger partial charge in [0.25, 0.3) is 0 Å². The van der Waals surface area contributed by atoms with E-state index in [2.05, 4.69) is 43.2 Å². The van der Waals surface area contributed by atoms with Gasteiger partial charge in [-0.1, -0.05) is 51.1 Å². The number of benzene rings is 1. The molecule has 0 aliphatic carbocycles. The van der Waals surface area contributed by atoms with Gasteiger partial charge in [0, 0.05) is 25.7 Å². The largest absolute Gasteiger partial charge is 0.394 e. The Bertz CT molecular complexity index is 787. The molecule has 0 saturated heterocycles. The Morgan fingerprint density at radius 3 is 2.56 bits per heavy atom. The van der Waals surface area contributed by atoms with Gasteiger partial charge in [-0.15, -0.1) is 0 Å². The number of fused-ring (bicyclic) bond motifs is 1. The second kappa shape index (κ2) is 8.48. The molecule has 1 aliphatic rings. The third-order valence-electron chi connectivity index (χ3n) is 5.15. The van der Waals surface area contributed by atoms with Crippen LogP contribution in [0.15, 0.2) is 35.3 Å². The van der Waals surface area contributed by atoms with Crippen molar-refractivity contribution in [2.24, 2.45) is 10.9 Å². The Balaban J connectivity index is 1.95.